The molecule has 72 valence electrons. The van der Waals surface area contributed by atoms with Crippen molar-refractivity contribution in [2.45, 2.75) is 25.3 Å². The fraction of sp³-hybridized carbons (Fsp3) is 0.500. The van der Waals surface area contributed by atoms with Crippen molar-refractivity contribution in [1.29, 1.82) is 0 Å². The number of hydrogen-bond acceptors (Lipinski definition) is 4. The number of amides is 4. The Morgan fingerprint density at radius 3 is 1.71 bits per heavy atom. The molecule has 3 aliphatic heterocycles. The topological polar surface area (TPSA) is 88.3 Å². The van der Waals surface area contributed by atoms with Crippen LogP contribution >= 0.6 is 0 Å². The van der Waals surface area contributed by atoms with Gasteiger partial charge in [-0.1, -0.05) is 0 Å². The van der Waals surface area contributed by atoms with Gasteiger partial charge in [-0.3, -0.25) is 9.59 Å². The molecule has 0 spiro atoms. The summed E-state index contributed by atoms with van der Waals surface area (Å²) in [6, 6.07) is 0.0208. The van der Waals surface area contributed by atoms with E-state index in [1.165, 1.54) is 4.90 Å². The highest BCUT2D eigenvalue weighted by Gasteiger charge is 2.77. The Labute approximate surface area is 79.2 Å². The van der Waals surface area contributed by atoms with Gasteiger partial charge in [0.25, 0.3) is 6.04 Å². The summed E-state index contributed by atoms with van der Waals surface area (Å²) in [7, 11) is 0. The fourth-order valence-electron chi connectivity index (χ4n) is 1.31. The van der Waals surface area contributed by atoms with E-state index in [0.717, 1.165) is 0 Å². The lowest BCUT2D eigenvalue weighted by atomic mass is 10.2. The van der Waals surface area contributed by atoms with Crippen LogP contribution in [0.5, 0.6) is 0 Å². The van der Waals surface area contributed by atoms with Gasteiger partial charge in [0.2, 0.25) is 11.8 Å². The van der Waals surface area contributed by atoms with Gasteiger partial charge in [0, 0.05) is 12.8 Å². The van der Waals surface area contributed by atoms with Gasteiger partial charge in [-0.2, -0.15) is 5.32 Å². The van der Waals surface area contributed by atoms with E-state index in [2.05, 4.69) is 5.32 Å². The second-order valence-electron chi connectivity index (χ2n) is 3.22. The highest BCUT2D eigenvalue weighted by atomic mass is 16.2. The molecule has 3 fully saturated rings. The van der Waals surface area contributed by atoms with Crippen LogP contribution < -0.4 is 10.2 Å². The van der Waals surface area contributed by atoms with Crippen LogP contribution in [0.25, 0.3) is 0 Å². The monoisotopic (exact) mass is 195 g/mol. The van der Waals surface area contributed by atoms with Crippen molar-refractivity contribution >= 4 is 23.6 Å². The molecule has 6 nitrogen and oxygen atoms in total. The van der Waals surface area contributed by atoms with Crippen LogP contribution in [-0.2, 0) is 19.2 Å². The molecule has 0 bridgehead atoms. The first-order chi connectivity index (χ1) is 6.59. The van der Waals surface area contributed by atoms with E-state index in [9.17, 15) is 19.2 Å². The smallest absolute Gasteiger partial charge is 0.272 e. The fourth-order valence-corrected chi connectivity index (χ4v) is 1.31. The summed E-state index contributed by atoms with van der Waals surface area (Å²) in [6.45, 7) is 0. The van der Waals surface area contributed by atoms with Crippen LogP contribution in [0.2, 0.25) is 0 Å². The molecular weight excluding hydrogens is 188 g/mol. The van der Waals surface area contributed by atoms with E-state index in [4.69, 9.17) is 0 Å². The maximum Gasteiger partial charge on any atom is 0.434 e. The maximum atomic E-state index is 10.2. The molecule has 4 amide bonds. The molecule has 2 radical (unpaired) electrons. The zero-order chi connectivity index (χ0) is 10.3. The second kappa shape index (κ2) is 2.98. The number of hydrogen-bond donors (Lipinski definition) is 0. The number of carbonyl (C=O) groups excluding carboxylic acids is 4. The van der Waals surface area contributed by atoms with Crippen LogP contribution in [0.15, 0.2) is 0 Å². The van der Waals surface area contributed by atoms with Crippen LogP contribution in [0.3, 0.4) is 0 Å². The van der Waals surface area contributed by atoms with Crippen molar-refractivity contribution in [3.63, 3.8) is 0 Å². The van der Waals surface area contributed by atoms with Crippen LogP contribution in [0.1, 0.15) is 19.3 Å². The lowest BCUT2D eigenvalue weighted by Gasteiger charge is -1.88. The number of carbonyl (C=O) groups is 4. The third-order valence-electron chi connectivity index (χ3n) is 2.21. The predicted molar refractivity (Wildman–Crippen MR) is 41.9 cm³/mol. The Bertz CT molecular complexity index is 318. The van der Waals surface area contributed by atoms with Gasteiger partial charge in [-0.25, -0.2) is 9.59 Å². The minimum Gasteiger partial charge on any atom is -0.272 e. The maximum absolute atomic E-state index is 10.2. The van der Waals surface area contributed by atoms with E-state index in [1.807, 2.05) is 0 Å². The Kier molecular flexibility index (Phi) is 1.92. The van der Waals surface area contributed by atoms with Gasteiger partial charge in [0.15, 0.2) is 0 Å². The first-order valence-electron chi connectivity index (χ1n) is 4.23. The molecule has 14 heavy (non-hydrogen) atoms. The quantitative estimate of drug-likeness (QED) is 0.201. The molecule has 2 atom stereocenters. The molecule has 2 unspecified atom stereocenters. The SMILES string of the molecule is O=C1CC2C(=O)[N+]12.O=C1CCC(=O)[N]1. The van der Waals surface area contributed by atoms with Crippen LogP contribution in [-0.4, -0.2) is 29.7 Å². The Hall–Kier alpha value is -1.56. The summed E-state index contributed by atoms with van der Waals surface area (Å²) in [5, 5.41) is 3.11. The van der Waals surface area contributed by atoms with Crippen molar-refractivity contribution < 1.29 is 19.2 Å². The summed E-state index contributed by atoms with van der Waals surface area (Å²) in [4.78, 5) is 41.8. The summed E-state index contributed by atoms with van der Waals surface area (Å²) >= 11 is 0. The van der Waals surface area contributed by atoms with Crippen LogP contribution in [0, 0.1) is 0 Å². The summed E-state index contributed by atoms with van der Waals surface area (Å²) < 4.78 is 0. The largest absolute Gasteiger partial charge is 0.434 e. The lowest BCUT2D eigenvalue weighted by Crippen LogP contribution is -2.30. The van der Waals surface area contributed by atoms with E-state index < -0.39 is 0 Å². The minimum absolute atomic E-state index is 0.00463. The minimum atomic E-state index is -0.273. The van der Waals surface area contributed by atoms with E-state index >= 15 is 0 Å². The molecule has 0 saturated carbocycles. The molecule has 3 heterocycles. The third kappa shape index (κ3) is 1.44. The lowest BCUT2D eigenvalue weighted by molar-refractivity contribution is -0.128. The third-order valence-corrected chi connectivity index (χ3v) is 2.21. The van der Waals surface area contributed by atoms with Crippen LogP contribution in [0.4, 0.5) is 0 Å². The van der Waals surface area contributed by atoms with Gasteiger partial charge < -0.3 is 0 Å². The average molecular weight is 195 g/mol. The molecule has 3 aliphatic rings. The second-order valence-corrected chi connectivity index (χ2v) is 3.22. The molecule has 0 aromatic rings. The van der Waals surface area contributed by atoms with Gasteiger partial charge in [0.1, 0.15) is 6.42 Å². The molecule has 0 aliphatic carbocycles. The summed E-state index contributed by atoms with van der Waals surface area (Å²) in [5.41, 5.74) is 0. The first-order valence-corrected chi connectivity index (χ1v) is 4.23. The number of nitrogens with zero attached hydrogens (tertiary/aromatic N) is 2. The number of β-lactam (4-membered cyclic amide) rings is 1. The van der Waals surface area contributed by atoms with Crippen molar-refractivity contribution in [2.24, 2.45) is 0 Å². The van der Waals surface area contributed by atoms with Gasteiger partial charge >= 0.3 is 11.8 Å². The molecule has 6 heteroatoms. The predicted octanol–water partition coefficient (Wildman–Crippen LogP) is -1.60. The molecule has 0 aromatic carbocycles. The Morgan fingerprint density at radius 2 is 1.64 bits per heavy atom. The van der Waals surface area contributed by atoms with Gasteiger partial charge in [-0.05, 0) is 4.90 Å². The summed E-state index contributed by atoms with van der Waals surface area (Å²) in [6.07, 6.45) is 1.11. The molecular formula is C8H7N2O4+. The van der Waals surface area contributed by atoms with Crippen molar-refractivity contribution in [3.05, 3.63) is 0 Å². The normalized spacial score (nSPS) is 32.6. The molecule has 0 N–H and O–H groups in total. The zero-order valence-corrected chi connectivity index (χ0v) is 7.23. The Balaban J connectivity index is 0.000000107. The number of fused-ring (bicyclic) bond motifs is 1. The zero-order valence-electron chi connectivity index (χ0n) is 7.23. The highest BCUT2D eigenvalue weighted by Crippen LogP contribution is 2.30. The summed E-state index contributed by atoms with van der Waals surface area (Å²) in [5.74, 6) is -0.532. The number of rotatable bonds is 0. The van der Waals surface area contributed by atoms with E-state index in [-0.39, 0.29) is 29.7 Å². The van der Waals surface area contributed by atoms with Crippen molar-refractivity contribution in [2.75, 3.05) is 0 Å². The first kappa shape index (κ1) is 9.01. The van der Waals surface area contributed by atoms with Crippen molar-refractivity contribution in [3.8, 4) is 0 Å². The number of imide groups is 2. The highest BCUT2D eigenvalue weighted by molar-refractivity contribution is 6.23. The standard InChI is InChI=1S/C4H3NO2.C4H4NO2/c6-3-1-2-4(7)5(2)3;6-3-1-2-4(7)5-3/h2H,1H2;1-2H2/q+1;. The van der Waals surface area contributed by atoms with Gasteiger partial charge in [-0.15, -0.1) is 0 Å². The molecule has 3 saturated heterocycles. The van der Waals surface area contributed by atoms with Crippen molar-refractivity contribution in [1.82, 2.24) is 10.2 Å². The molecule has 0 aromatic heterocycles. The Morgan fingerprint density at radius 1 is 1.07 bits per heavy atom. The van der Waals surface area contributed by atoms with E-state index in [1.54, 1.807) is 0 Å². The van der Waals surface area contributed by atoms with E-state index in [0.29, 0.717) is 19.3 Å². The van der Waals surface area contributed by atoms with Gasteiger partial charge in [0.05, 0.1) is 0 Å². The average Bonchev–Trinajstić information content (AvgIpc) is 2.41. The molecule has 3 rings (SSSR count).